The molecular weight excluding hydrogens is 306 g/mol. The van der Waals surface area contributed by atoms with Crippen LogP contribution in [0.4, 0.5) is 0 Å². The molecule has 0 amide bonds. The van der Waals surface area contributed by atoms with Crippen LogP contribution in [0.1, 0.15) is 10.4 Å². The number of aryl methyl sites for hydroxylation is 1. The summed E-state index contributed by atoms with van der Waals surface area (Å²) >= 11 is 0. The SMILES string of the molecule is Cn1c(=N)n(CC(=O)c2ccc3c(c2)OCCO3)c2ccccc21. The molecule has 122 valence electrons. The maximum absolute atomic E-state index is 12.7. The Morgan fingerprint density at radius 3 is 2.58 bits per heavy atom. The van der Waals surface area contributed by atoms with Crippen molar-refractivity contribution in [3.05, 3.63) is 53.6 Å². The van der Waals surface area contributed by atoms with E-state index in [-0.39, 0.29) is 12.3 Å². The summed E-state index contributed by atoms with van der Waals surface area (Å²) in [4.78, 5) is 12.7. The highest BCUT2D eigenvalue weighted by atomic mass is 16.6. The van der Waals surface area contributed by atoms with Crippen LogP contribution in [-0.2, 0) is 13.6 Å². The Labute approximate surface area is 138 Å². The van der Waals surface area contributed by atoms with Gasteiger partial charge in [-0.25, -0.2) is 0 Å². The van der Waals surface area contributed by atoms with Crippen LogP contribution in [0, 0.1) is 5.41 Å². The third-order valence-corrected chi connectivity index (χ3v) is 4.27. The number of Topliss-reactive ketones (excluding diaryl/α,β-unsaturated/α-hetero) is 1. The molecule has 0 fully saturated rings. The van der Waals surface area contributed by atoms with Crippen molar-refractivity contribution in [3.8, 4) is 11.5 Å². The van der Waals surface area contributed by atoms with Gasteiger partial charge in [-0.3, -0.25) is 10.2 Å². The van der Waals surface area contributed by atoms with E-state index in [0.717, 1.165) is 11.0 Å². The van der Waals surface area contributed by atoms with E-state index in [9.17, 15) is 4.79 Å². The fourth-order valence-electron chi connectivity index (χ4n) is 3.00. The third-order valence-electron chi connectivity index (χ3n) is 4.27. The minimum absolute atomic E-state index is 0.0678. The molecule has 0 aliphatic carbocycles. The molecule has 1 aliphatic rings. The molecule has 0 atom stereocenters. The van der Waals surface area contributed by atoms with E-state index in [0.29, 0.717) is 35.9 Å². The minimum atomic E-state index is -0.0678. The second-order valence-electron chi connectivity index (χ2n) is 5.74. The van der Waals surface area contributed by atoms with E-state index in [1.165, 1.54) is 0 Å². The molecule has 2 aromatic carbocycles. The lowest BCUT2D eigenvalue weighted by atomic mass is 10.1. The molecule has 0 unspecified atom stereocenters. The van der Waals surface area contributed by atoms with Crippen molar-refractivity contribution in [2.75, 3.05) is 13.2 Å². The van der Waals surface area contributed by atoms with E-state index in [1.54, 1.807) is 27.3 Å². The smallest absolute Gasteiger partial charge is 0.203 e. The number of fused-ring (bicyclic) bond motifs is 2. The van der Waals surface area contributed by atoms with Gasteiger partial charge in [0.2, 0.25) is 5.62 Å². The highest BCUT2D eigenvalue weighted by molar-refractivity contribution is 5.97. The Morgan fingerprint density at radius 1 is 1.08 bits per heavy atom. The monoisotopic (exact) mass is 323 g/mol. The number of imidazole rings is 1. The lowest BCUT2D eigenvalue weighted by Gasteiger charge is -2.18. The van der Waals surface area contributed by atoms with Crippen molar-refractivity contribution in [1.29, 1.82) is 5.41 Å². The van der Waals surface area contributed by atoms with Crippen molar-refractivity contribution in [2.45, 2.75) is 6.54 Å². The van der Waals surface area contributed by atoms with Crippen LogP contribution in [0.25, 0.3) is 11.0 Å². The van der Waals surface area contributed by atoms with Gasteiger partial charge in [-0.15, -0.1) is 0 Å². The number of nitrogens with zero attached hydrogens (tertiary/aromatic N) is 2. The van der Waals surface area contributed by atoms with Gasteiger partial charge in [0.1, 0.15) is 13.2 Å². The molecular formula is C18H17N3O3. The van der Waals surface area contributed by atoms with Crippen LogP contribution in [0.3, 0.4) is 0 Å². The predicted molar refractivity (Wildman–Crippen MR) is 88.5 cm³/mol. The number of nitrogens with one attached hydrogen (secondary N) is 1. The summed E-state index contributed by atoms with van der Waals surface area (Å²) in [6.45, 7) is 1.12. The van der Waals surface area contributed by atoms with Crippen LogP contribution in [0.15, 0.2) is 42.5 Å². The normalized spacial score (nSPS) is 13.2. The number of ketones is 1. The molecule has 1 aromatic heterocycles. The highest BCUT2D eigenvalue weighted by Gasteiger charge is 2.17. The fourth-order valence-corrected chi connectivity index (χ4v) is 3.00. The quantitative estimate of drug-likeness (QED) is 0.751. The van der Waals surface area contributed by atoms with Gasteiger partial charge >= 0.3 is 0 Å². The van der Waals surface area contributed by atoms with E-state index in [2.05, 4.69) is 0 Å². The van der Waals surface area contributed by atoms with Gasteiger partial charge in [0.25, 0.3) is 0 Å². The molecule has 1 aliphatic heterocycles. The average Bonchev–Trinajstić information content (AvgIpc) is 2.86. The number of carbonyl (C=O) groups excluding carboxylic acids is 1. The zero-order valence-corrected chi connectivity index (χ0v) is 13.3. The molecule has 24 heavy (non-hydrogen) atoms. The van der Waals surface area contributed by atoms with Gasteiger partial charge in [-0.05, 0) is 30.3 Å². The highest BCUT2D eigenvalue weighted by Crippen LogP contribution is 2.31. The molecule has 1 N–H and O–H groups in total. The van der Waals surface area contributed by atoms with E-state index >= 15 is 0 Å². The fraction of sp³-hybridized carbons (Fsp3) is 0.222. The number of ether oxygens (including phenoxy) is 2. The van der Waals surface area contributed by atoms with Crippen molar-refractivity contribution in [3.63, 3.8) is 0 Å². The second kappa shape index (κ2) is 5.56. The van der Waals surface area contributed by atoms with Gasteiger partial charge in [-0.1, -0.05) is 12.1 Å². The summed E-state index contributed by atoms with van der Waals surface area (Å²) in [5, 5.41) is 8.26. The number of benzene rings is 2. The lowest BCUT2D eigenvalue weighted by molar-refractivity contribution is 0.0970. The first kappa shape index (κ1) is 14.6. The molecule has 0 spiro atoms. The van der Waals surface area contributed by atoms with Crippen molar-refractivity contribution in [2.24, 2.45) is 7.05 Å². The van der Waals surface area contributed by atoms with Crippen LogP contribution in [0.5, 0.6) is 11.5 Å². The minimum Gasteiger partial charge on any atom is -0.486 e. The molecule has 0 bridgehead atoms. The molecule has 3 aromatic rings. The number of hydrogen-bond acceptors (Lipinski definition) is 4. The Morgan fingerprint density at radius 2 is 1.79 bits per heavy atom. The molecule has 0 radical (unpaired) electrons. The first-order chi connectivity index (χ1) is 11.6. The van der Waals surface area contributed by atoms with Crippen LogP contribution < -0.4 is 15.1 Å². The molecule has 6 nitrogen and oxygen atoms in total. The van der Waals surface area contributed by atoms with Gasteiger partial charge in [0.15, 0.2) is 17.3 Å². The maximum Gasteiger partial charge on any atom is 0.203 e. The summed E-state index contributed by atoms with van der Waals surface area (Å²) in [7, 11) is 1.83. The topological polar surface area (TPSA) is 69.2 Å². The van der Waals surface area contributed by atoms with Crippen molar-refractivity contribution < 1.29 is 14.3 Å². The average molecular weight is 323 g/mol. The zero-order chi connectivity index (χ0) is 16.7. The number of aromatic nitrogens is 2. The van der Waals surface area contributed by atoms with Gasteiger partial charge in [0, 0.05) is 12.6 Å². The third kappa shape index (κ3) is 2.27. The van der Waals surface area contributed by atoms with Gasteiger partial charge in [-0.2, -0.15) is 0 Å². The Hall–Kier alpha value is -3.02. The Balaban J connectivity index is 1.70. The Kier molecular flexibility index (Phi) is 3.37. The van der Waals surface area contributed by atoms with Gasteiger partial charge < -0.3 is 18.6 Å². The molecule has 0 saturated carbocycles. The predicted octanol–water partition coefficient (Wildman–Crippen LogP) is 2.11. The summed E-state index contributed by atoms with van der Waals surface area (Å²) in [5.41, 5.74) is 2.65. The summed E-state index contributed by atoms with van der Waals surface area (Å²) in [6, 6.07) is 12.9. The molecule has 6 heteroatoms. The van der Waals surface area contributed by atoms with Crippen molar-refractivity contribution >= 4 is 16.8 Å². The standard InChI is InChI=1S/C18H17N3O3/c1-20-13-4-2-3-5-14(13)21(18(20)19)11-15(22)12-6-7-16-17(10-12)24-9-8-23-16/h2-7,10,19H,8-9,11H2,1H3. The van der Waals surface area contributed by atoms with Gasteiger partial charge in [0.05, 0.1) is 17.6 Å². The van der Waals surface area contributed by atoms with Crippen molar-refractivity contribution in [1.82, 2.24) is 9.13 Å². The summed E-state index contributed by atoms with van der Waals surface area (Å²) in [5.74, 6) is 1.19. The number of rotatable bonds is 3. The first-order valence-electron chi connectivity index (χ1n) is 7.77. The number of para-hydroxylation sites is 2. The number of hydrogen-bond donors (Lipinski definition) is 1. The Bertz CT molecular complexity index is 1000. The summed E-state index contributed by atoms with van der Waals surface area (Å²) < 4.78 is 14.5. The largest absolute Gasteiger partial charge is 0.486 e. The molecule has 4 rings (SSSR count). The number of carbonyl (C=O) groups is 1. The van der Waals surface area contributed by atoms with E-state index in [1.807, 2.05) is 31.3 Å². The zero-order valence-electron chi connectivity index (χ0n) is 13.3. The van der Waals surface area contributed by atoms with Crippen LogP contribution in [0.2, 0.25) is 0 Å². The summed E-state index contributed by atoms with van der Waals surface area (Å²) in [6.07, 6.45) is 0. The second-order valence-corrected chi connectivity index (χ2v) is 5.74. The maximum atomic E-state index is 12.7. The lowest BCUT2D eigenvalue weighted by Crippen LogP contribution is -2.26. The first-order valence-corrected chi connectivity index (χ1v) is 7.77. The van der Waals surface area contributed by atoms with E-state index in [4.69, 9.17) is 14.9 Å². The molecule has 2 heterocycles. The van der Waals surface area contributed by atoms with Crippen LogP contribution >= 0.6 is 0 Å². The van der Waals surface area contributed by atoms with Crippen LogP contribution in [-0.4, -0.2) is 28.1 Å². The van der Waals surface area contributed by atoms with E-state index < -0.39 is 0 Å². The molecule has 0 saturated heterocycles.